The van der Waals surface area contributed by atoms with Gasteiger partial charge in [0, 0.05) is 11.8 Å². The molecule has 0 saturated carbocycles. The van der Waals surface area contributed by atoms with Crippen LogP contribution < -0.4 is 5.73 Å². The Balaban J connectivity index is 2.61. The monoisotopic (exact) mass is 176 g/mol. The highest BCUT2D eigenvalue weighted by Crippen LogP contribution is 2.21. The van der Waals surface area contributed by atoms with Gasteiger partial charge in [-0.1, -0.05) is 17.3 Å². The number of hydrogen-bond acceptors (Lipinski definition) is 3. The highest BCUT2D eigenvalue weighted by molar-refractivity contribution is 5.82. The molecule has 3 heteroatoms. The number of nitrogens with two attached hydrogens (primary N) is 1. The van der Waals surface area contributed by atoms with Gasteiger partial charge in [-0.05, 0) is 25.1 Å². The van der Waals surface area contributed by atoms with Crippen LogP contribution in [-0.4, -0.2) is 11.7 Å². The molecule has 0 fully saturated rings. The van der Waals surface area contributed by atoms with E-state index in [2.05, 4.69) is 5.16 Å². The minimum Gasteiger partial charge on any atom is -0.356 e. The van der Waals surface area contributed by atoms with Crippen LogP contribution in [0.25, 0.3) is 11.0 Å². The number of benzene rings is 1. The summed E-state index contributed by atoms with van der Waals surface area (Å²) in [5, 5.41) is 5.08. The maximum atomic E-state index is 5.47. The molecule has 1 heterocycles. The summed E-state index contributed by atoms with van der Waals surface area (Å²) in [4.78, 5) is 0. The second kappa shape index (κ2) is 3.18. The van der Waals surface area contributed by atoms with E-state index in [4.69, 9.17) is 10.3 Å². The fourth-order valence-electron chi connectivity index (χ4n) is 1.47. The highest BCUT2D eigenvalue weighted by atomic mass is 16.5. The van der Waals surface area contributed by atoms with Gasteiger partial charge in [0.2, 0.25) is 0 Å². The Hall–Kier alpha value is -1.35. The molecule has 1 aromatic carbocycles. The zero-order chi connectivity index (χ0) is 9.26. The van der Waals surface area contributed by atoms with Gasteiger partial charge in [0.25, 0.3) is 0 Å². The summed E-state index contributed by atoms with van der Waals surface area (Å²) in [6, 6.07) is 6.04. The van der Waals surface area contributed by atoms with Gasteiger partial charge in [0.15, 0.2) is 5.58 Å². The summed E-state index contributed by atoms with van der Waals surface area (Å²) < 4.78 is 5.23. The van der Waals surface area contributed by atoms with Gasteiger partial charge in [0.05, 0.1) is 5.69 Å². The van der Waals surface area contributed by atoms with Crippen LogP contribution in [0.15, 0.2) is 22.7 Å². The van der Waals surface area contributed by atoms with Crippen LogP contribution in [-0.2, 0) is 6.42 Å². The van der Waals surface area contributed by atoms with Crippen LogP contribution in [0.1, 0.15) is 11.3 Å². The second-order valence-electron chi connectivity index (χ2n) is 3.12. The first-order chi connectivity index (χ1) is 6.33. The molecule has 13 heavy (non-hydrogen) atoms. The summed E-state index contributed by atoms with van der Waals surface area (Å²) in [5.74, 6) is 0. The van der Waals surface area contributed by atoms with Gasteiger partial charge in [-0.15, -0.1) is 0 Å². The van der Waals surface area contributed by atoms with Crippen molar-refractivity contribution >= 4 is 11.0 Å². The zero-order valence-corrected chi connectivity index (χ0v) is 7.58. The SMILES string of the molecule is Cc1cccc2c(CCN)noc12. The molecule has 68 valence electrons. The zero-order valence-electron chi connectivity index (χ0n) is 7.58. The van der Waals surface area contributed by atoms with Gasteiger partial charge in [-0.25, -0.2) is 0 Å². The summed E-state index contributed by atoms with van der Waals surface area (Å²) >= 11 is 0. The number of rotatable bonds is 2. The molecule has 2 rings (SSSR count). The fourth-order valence-corrected chi connectivity index (χ4v) is 1.47. The maximum Gasteiger partial charge on any atom is 0.170 e. The van der Waals surface area contributed by atoms with E-state index in [-0.39, 0.29) is 0 Å². The van der Waals surface area contributed by atoms with Crippen molar-refractivity contribution < 1.29 is 4.52 Å². The van der Waals surface area contributed by atoms with Crippen molar-refractivity contribution in [2.24, 2.45) is 5.73 Å². The standard InChI is InChI=1S/C10H12N2O/c1-7-3-2-4-8-9(5-6-11)12-13-10(7)8/h2-4H,5-6,11H2,1H3. The molecule has 0 aliphatic carbocycles. The number of fused-ring (bicyclic) bond motifs is 1. The Morgan fingerprint density at radius 2 is 2.31 bits per heavy atom. The molecule has 3 nitrogen and oxygen atoms in total. The van der Waals surface area contributed by atoms with Crippen molar-refractivity contribution in [2.45, 2.75) is 13.3 Å². The Morgan fingerprint density at radius 3 is 3.08 bits per heavy atom. The van der Waals surface area contributed by atoms with Crippen molar-refractivity contribution in [3.8, 4) is 0 Å². The van der Waals surface area contributed by atoms with Crippen molar-refractivity contribution in [2.75, 3.05) is 6.54 Å². The van der Waals surface area contributed by atoms with E-state index in [0.717, 1.165) is 28.6 Å². The van der Waals surface area contributed by atoms with Gasteiger partial charge >= 0.3 is 0 Å². The molecule has 2 N–H and O–H groups in total. The van der Waals surface area contributed by atoms with E-state index < -0.39 is 0 Å². The minimum absolute atomic E-state index is 0.607. The Labute approximate surface area is 76.5 Å². The summed E-state index contributed by atoms with van der Waals surface area (Å²) in [5.41, 5.74) is 8.43. The summed E-state index contributed by atoms with van der Waals surface area (Å²) in [6.07, 6.45) is 0.774. The maximum absolute atomic E-state index is 5.47. The van der Waals surface area contributed by atoms with Crippen LogP contribution >= 0.6 is 0 Å². The van der Waals surface area contributed by atoms with E-state index in [1.165, 1.54) is 0 Å². The molecule has 0 atom stereocenters. The molecule has 1 aromatic heterocycles. The molecule has 0 saturated heterocycles. The predicted octanol–water partition coefficient (Wildman–Crippen LogP) is 1.64. The fraction of sp³-hybridized carbons (Fsp3) is 0.300. The van der Waals surface area contributed by atoms with E-state index in [1.54, 1.807) is 0 Å². The lowest BCUT2D eigenvalue weighted by molar-refractivity contribution is 0.445. The average Bonchev–Trinajstić information content (AvgIpc) is 2.51. The van der Waals surface area contributed by atoms with Gasteiger partial charge < -0.3 is 10.3 Å². The van der Waals surface area contributed by atoms with E-state index in [0.29, 0.717) is 6.54 Å². The van der Waals surface area contributed by atoms with Gasteiger partial charge in [-0.2, -0.15) is 0 Å². The van der Waals surface area contributed by atoms with E-state index in [9.17, 15) is 0 Å². The molecule has 0 unspecified atom stereocenters. The third-order valence-corrected chi connectivity index (χ3v) is 2.15. The number of nitrogens with zero attached hydrogens (tertiary/aromatic N) is 1. The Kier molecular flexibility index (Phi) is 2.02. The largest absolute Gasteiger partial charge is 0.356 e. The number of aromatic nitrogens is 1. The molecule has 2 aromatic rings. The van der Waals surface area contributed by atoms with E-state index in [1.807, 2.05) is 25.1 Å². The van der Waals surface area contributed by atoms with Crippen LogP contribution in [0.2, 0.25) is 0 Å². The molecule has 0 radical (unpaired) electrons. The lowest BCUT2D eigenvalue weighted by Crippen LogP contribution is -2.02. The van der Waals surface area contributed by atoms with Crippen molar-refractivity contribution in [1.82, 2.24) is 5.16 Å². The number of para-hydroxylation sites is 1. The molecule has 0 aliphatic rings. The lowest BCUT2D eigenvalue weighted by atomic mass is 10.1. The minimum atomic E-state index is 0.607. The molecule has 0 amide bonds. The first-order valence-electron chi connectivity index (χ1n) is 4.37. The van der Waals surface area contributed by atoms with E-state index >= 15 is 0 Å². The van der Waals surface area contributed by atoms with Crippen molar-refractivity contribution in [3.63, 3.8) is 0 Å². The van der Waals surface area contributed by atoms with Crippen molar-refractivity contribution in [3.05, 3.63) is 29.5 Å². The van der Waals surface area contributed by atoms with Gasteiger partial charge in [0.1, 0.15) is 0 Å². The number of hydrogen-bond donors (Lipinski definition) is 1. The molecule has 0 spiro atoms. The third kappa shape index (κ3) is 1.31. The summed E-state index contributed by atoms with van der Waals surface area (Å²) in [6.45, 7) is 2.62. The first-order valence-corrected chi connectivity index (χ1v) is 4.37. The molecule has 0 bridgehead atoms. The molecular formula is C10H12N2O. The smallest absolute Gasteiger partial charge is 0.170 e. The topological polar surface area (TPSA) is 52.0 Å². The Bertz CT molecular complexity index is 420. The number of aryl methyl sites for hydroxylation is 1. The Morgan fingerprint density at radius 1 is 1.46 bits per heavy atom. The van der Waals surface area contributed by atoms with Crippen LogP contribution in [0.3, 0.4) is 0 Å². The highest BCUT2D eigenvalue weighted by Gasteiger charge is 2.07. The average molecular weight is 176 g/mol. The lowest BCUT2D eigenvalue weighted by Gasteiger charge is -1.93. The van der Waals surface area contributed by atoms with Crippen LogP contribution in [0.4, 0.5) is 0 Å². The molecular weight excluding hydrogens is 164 g/mol. The van der Waals surface area contributed by atoms with Crippen LogP contribution in [0, 0.1) is 6.92 Å². The normalized spacial score (nSPS) is 10.9. The first kappa shape index (κ1) is 8.26. The molecule has 0 aliphatic heterocycles. The quantitative estimate of drug-likeness (QED) is 0.756. The summed E-state index contributed by atoms with van der Waals surface area (Å²) in [7, 11) is 0. The third-order valence-electron chi connectivity index (χ3n) is 2.15. The second-order valence-corrected chi connectivity index (χ2v) is 3.12. The van der Waals surface area contributed by atoms with Gasteiger partial charge in [-0.3, -0.25) is 0 Å². The van der Waals surface area contributed by atoms with Crippen molar-refractivity contribution in [1.29, 1.82) is 0 Å². The predicted molar refractivity (Wildman–Crippen MR) is 51.5 cm³/mol. The van der Waals surface area contributed by atoms with Crippen LogP contribution in [0.5, 0.6) is 0 Å².